The van der Waals surface area contributed by atoms with Crippen LogP contribution in [0.2, 0.25) is 0 Å². The Hall–Kier alpha value is -1.74. The molecular formula is C28H45N3O3S2. The minimum Gasteiger partial charge on any atom is -0.468 e. The Balaban J connectivity index is 0.000000288. The number of fused-ring (bicyclic) bond motifs is 1. The Morgan fingerprint density at radius 3 is 2.11 bits per heavy atom. The van der Waals surface area contributed by atoms with Crippen LogP contribution < -0.4 is 5.73 Å². The molecule has 2 heterocycles. The quantitative estimate of drug-likeness (QED) is 0.267. The van der Waals surface area contributed by atoms with Crippen LogP contribution in [0.25, 0.3) is 0 Å². The number of hydrogen-bond donors (Lipinski definition) is 1. The van der Waals surface area contributed by atoms with Crippen LogP contribution in [0.5, 0.6) is 0 Å². The molecule has 1 saturated heterocycles. The number of hydrogen-bond acceptors (Lipinski definition) is 7. The first-order chi connectivity index (χ1) is 17.2. The molecule has 1 aliphatic heterocycles. The molecule has 0 bridgehead atoms. The lowest BCUT2D eigenvalue weighted by Crippen LogP contribution is -2.27. The minimum absolute atomic E-state index is 0.127. The molecule has 2 aliphatic rings. The second kappa shape index (κ2) is 16.9. The molecule has 2 aromatic rings. The van der Waals surface area contributed by atoms with E-state index in [1.807, 2.05) is 11.9 Å². The summed E-state index contributed by atoms with van der Waals surface area (Å²) >= 11 is 3.69. The van der Waals surface area contributed by atoms with Crippen molar-refractivity contribution in [3.8, 4) is 0 Å². The molecule has 1 aliphatic carbocycles. The molecule has 2 N–H and O–H groups in total. The van der Waals surface area contributed by atoms with E-state index in [1.54, 1.807) is 18.7 Å². The van der Waals surface area contributed by atoms with E-state index < -0.39 is 0 Å². The zero-order chi connectivity index (χ0) is 27.1. The van der Waals surface area contributed by atoms with E-state index in [4.69, 9.17) is 0 Å². The topological polar surface area (TPSA) is 77.6 Å². The van der Waals surface area contributed by atoms with Crippen molar-refractivity contribution < 1.29 is 14.3 Å². The van der Waals surface area contributed by atoms with Crippen LogP contribution >= 0.6 is 23.7 Å². The maximum atomic E-state index is 12.0. The van der Waals surface area contributed by atoms with Gasteiger partial charge in [0, 0.05) is 52.8 Å². The van der Waals surface area contributed by atoms with Crippen LogP contribution in [-0.2, 0) is 22.5 Å². The molecule has 0 saturated carbocycles. The van der Waals surface area contributed by atoms with Crippen molar-refractivity contribution in [1.29, 1.82) is 0 Å². The number of rotatable bonds is 6. The van der Waals surface area contributed by atoms with E-state index in [-0.39, 0.29) is 5.41 Å². The van der Waals surface area contributed by atoms with Gasteiger partial charge < -0.3 is 15.0 Å². The summed E-state index contributed by atoms with van der Waals surface area (Å²) in [6.45, 7) is 14.7. The van der Waals surface area contributed by atoms with Gasteiger partial charge in [0.1, 0.15) is 0 Å². The van der Waals surface area contributed by atoms with Crippen molar-refractivity contribution in [1.82, 2.24) is 8.87 Å². The zero-order valence-corrected chi connectivity index (χ0v) is 24.8. The molecule has 1 aromatic carbocycles. The summed E-state index contributed by atoms with van der Waals surface area (Å²) in [5.41, 5.74) is 8.06. The van der Waals surface area contributed by atoms with Gasteiger partial charge in [-0.1, -0.05) is 13.8 Å². The van der Waals surface area contributed by atoms with E-state index >= 15 is 0 Å². The van der Waals surface area contributed by atoms with Gasteiger partial charge in [0.15, 0.2) is 5.78 Å². The number of carbonyl (C=O) groups excluding carboxylic acids is 2. The van der Waals surface area contributed by atoms with Crippen LogP contribution in [0.15, 0.2) is 40.1 Å². The van der Waals surface area contributed by atoms with Crippen LogP contribution in [0.1, 0.15) is 68.7 Å². The first kappa shape index (κ1) is 32.3. The Morgan fingerprint density at radius 2 is 1.64 bits per heavy atom. The lowest BCUT2D eigenvalue weighted by atomic mass is 9.76. The van der Waals surface area contributed by atoms with E-state index in [9.17, 15) is 9.59 Å². The van der Waals surface area contributed by atoms with Gasteiger partial charge in [0.05, 0.1) is 6.61 Å². The number of thioether (sulfide) groups is 1. The van der Waals surface area contributed by atoms with Crippen molar-refractivity contribution in [3.05, 3.63) is 47.3 Å². The summed E-state index contributed by atoms with van der Waals surface area (Å²) in [5, 5.41) is 0. The predicted molar refractivity (Wildman–Crippen MR) is 154 cm³/mol. The second-order valence-electron chi connectivity index (χ2n) is 9.29. The van der Waals surface area contributed by atoms with Gasteiger partial charge in [-0.15, -0.1) is 11.8 Å². The van der Waals surface area contributed by atoms with Crippen molar-refractivity contribution in [2.45, 2.75) is 76.6 Å². The van der Waals surface area contributed by atoms with Gasteiger partial charge in [-0.05, 0) is 101 Å². The average Bonchev–Trinajstić information content (AvgIpc) is 3.48. The molecule has 0 atom stereocenters. The maximum absolute atomic E-state index is 12.0. The molecule has 0 radical (unpaired) electrons. The van der Waals surface area contributed by atoms with Crippen LogP contribution in [0.4, 0.5) is 0 Å². The molecule has 1 aromatic heterocycles. The van der Waals surface area contributed by atoms with Gasteiger partial charge in [-0.25, -0.2) is 4.31 Å². The number of aryl methyl sites for hydroxylation is 1. The minimum atomic E-state index is 0.127. The van der Waals surface area contributed by atoms with E-state index in [0.29, 0.717) is 25.3 Å². The number of benzene rings is 1. The summed E-state index contributed by atoms with van der Waals surface area (Å²) in [6, 6.07) is 10.9. The van der Waals surface area contributed by atoms with Crippen molar-refractivity contribution in [3.63, 3.8) is 0 Å². The first-order valence-electron chi connectivity index (χ1n) is 12.7. The van der Waals surface area contributed by atoms with E-state index in [0.717, 1.165) is 18.5 Å². The number of nitrogens with two attached hydrogens (primary N) is 1. The van der Waals surface area contributed by atoms with Gasteiger partial charge in [0.2, 0.25) is 0 Å². The van der Waals surface area contributed by atoms with Crippen LogP contribution in [-0.4, -0.2) is 54.1 Å². The molecule has 0 spiro atoms. The molecule has 0 amide bonds. The van der Waals surface area contributed by atoms with Gasteiger partial charge in [-0.2, -0.15) is 0 Å². The molecule has 0 unspecified atom stereocenters. The number of ketones is 1. The van der Waals surface area contributed by atoms with Crippen molar-refractivity contribution >= 4 is 36.0 Å². The number of nitrogens with zero attached hydrogens (tertiary/aromatic N) is 2. The zero-order valence-electron chi connectivity index (χ0n) is 23.1. The molecule has 202 valence electrons. The smallest absolute Gasteiger partial charge is 0.293 e. The summed E-state index contributed by atoms with van der Waals surface area (Å²) in [5.74, 6) is 0.316. The molecule has 1 fully saturated rings. The number of Topliss-reactive ketones (excluding diaryl/α,β-unsaturated/α-hetero) is 1. The monoisotopic (exact) mass is 535 g/mol. The van der Waals surface area contributed by atoms with E-state index in [2.05, 4.69) is 83.6 Å². The Morgan fingerprint density at radius 1 is 1.06 bits per heavy atom. The largest absolute Gasteiger partial charge is 0.468 e. The molecule has 4 rings (SSSR count). The average molecular weight is 536 g/mol. The molecule has 8 heteroatoms. The van der Waals surface area contributed by atoms with Crippen molar-refractivity contribution in [2.24, 2.45) is 11.1 Å². The number of aromatic nitrogens is 1. The second-order valence-corrected chi connectivity index (χ2v) is 11.3. The van der Waals surface area contributed by atoms with Crippen molar-refractivity contribution in [2.75, 3.05) is 33.0 Å². The highest BCUT2D eigenvalue weighted by Crippen LogP contribution is 2.36. The standard InChI is InChI=1S/C13H19NO.C11H15NS2.C3H6O2.CH5N/c1-5-14-9(2)6-10-11(14)7-13(3,4)8-12(10)15;1-13-10-4-6-11(7-5-10)14-12-8-2-3-9-12;1-2-5-3-4;1-2/h6H,5,7-8H2,1-4H3;4-7H,2-3,8-9H2,1H3;3H,2H2,1H3;2H2,1H3. The third-order valence-corrected chi connectivity index (χ3v) is 7.76. The van der Waals surface area contributed by atoms with Crippen LogP contribution in [0, 0.1) is 12.3 Å². The number of ether oxygens (including phenoxy) is 1. The Kier molecular flexibility index (Phi) is 15.2. The van der Waals surface area contributed by atoms with Gasteiger partial charge >= 0.3 is 0 Å². The third kappa shape index (κ3) is 10.3. The highest BCUT2D eigenvalue weighted by Gasteiger charge is 2.33. The summed E-state index contributed by atoms with van der Waals surface area (Å²) < 4.78 is 8.88. The third-order valence-electron chi connectivity index (χ3n) is 5.91. The fraction of sp³-hybridized carbons (Fsp3) is 0.571. The Labute approximate surface area is 226 Å². The predicted octanol–water partition coefficient (Wildman–Crippen LogP) is 6.24. The lowest BCUT2D eigenvalue weighted by molar-refractivity contribution is -0.128. The molecule has 6 nitrogen and oxygen atoms in total. The summed E-state index contributed by atoms with van der Waals surface area (Å²) in [4.78, 5) is 23.9. The SMILES string of the molecule is CCOC=O.CCn1c(C)cc2c1CC(C)(C)CC2=O.CN.CSc1ccc(SN2CCCC2)cc1. The number of carbonyl (C=O) groups is 2. The first-order valence-corrected chi connectivity index (χ1v) is 14.7. The van der Waals surface area contributed by atoms with E-state index in [1.165, 1.54) is 54.2 Å². The molecular weight excluding hydrogens is 490 g/mol. The summed E-state index contributed by atoms with van der Waals surface area (Å²) in [6.07, 6.45) is 6.54. The Bertz CT molecular complexity index is 921. The normalized spacial score (nSPS) is 15.8. The fourth-order valence-corrected chi connectivity index (χ4v) is 5.68. The fourth-order valence-electron chi connectivity index (χ4n) is 4.28. The lowest BCUT2D eigenvalue weighted by Gasteiger charge is -2.29. The summed E-state index contributed by atoms with van der Waals surface area (Å²) in [7, 11) is 1.50. The van der Waals surface area contributed by atoms with Gasteiger partial charge in [0.25, 0.3) is 6.47 Å². The molecule has 36 heavy (non-hydrogen) atoms. The maximum Gasteiger partial charge on any atom is 0.293 e. The van der Waals surface area contributed by atoms with Crippen LogP contribution in [0.3, 0.4) is 0 Å². The van der Waals surface area contributed by atoms with Gasteiger partial charge in [-0.3, -0.25) is 9.59 Å². The highest BCUT2D eigenvalue weighted by molar-refractivity contribution is 7.98. The highest BCUT2D eigenvalue weighted by atomic mass is 32.2.